The molecule has 0 aliphatic carbocycles. The predicted molar refractivity (Wildman–Crippen MR) is 69.9 cm³/mol. The van der Waals surface area contributed by atoms with Crippen LogP contribution in [0.1, 0.15) is 31.9 Å². The molecule has 0 aliphatic heterocycles. The molecule has 0 atom stereocenters. The van der Waals surface area contributed by atoms with Gasteiger partial charge >= 0.3 is 6.18 Å². The number of hydrogen-bond donors (Lipinski definition) is 1. The molecule has 0 saturated carbocycles. The Labute approximate surface area is 109 Å². The summed E-state index contributed by atoms with van der Waals surface area (Å²) in [5, 5.41) is 1.07. The first-order valence-corrected chi connectivity index (χ1v) is 5.86. The number of benzene rings is 1. The number of anilines is 1. The second-order valence-corrected chi connectivity index (χ2v) is 5.57. The van der Waals surface area contributed by atoms with Crippen LogP contribution in [0.2, 0.25) is 0 Å². The fourth-order valence-corrected chi connectivity index (χ4v) is 2.04. The van der Waals surface area contributed by atoms with Gasteiger partial charge in [-0.3, -0.25) is 0 Å². The number of hydrogen-bond acceptors (Lipinski definition) is 2. The SMILES string of the molecule is CC(C)(C)c1cnc(N)c2ccc(C(F)(F)F)cc12. The molecule has 0 amide bonds. The van der Waals surface area contributed by atoms with Gasteiger partial charge in [-0.05, 0) is 28.5 Å². The zero-order valence-corrected chi connectivity index (χ0v) is 11.0. The van der Waals surface area contributed by atoms with Crippen molar-refractivity contribution in [3.63, 3.8) is 0 Å². The molecule has 0 saturated heterocycles. The number of fused-ring (bicyclic) bond motifs is 1. The molecule has 0 spiro atoms. The molecule has 2 rings (SSSR count). The highest BCUT2D eigenvalue weighted by atomic mass is 19.4. The molecule has 0 radical (unpaired) electrons. The highest BCUT2D eigenvalue weighted by Crippen LogP contribution is 2.36. The third-order valence-corrected chi connectivity index (χ3v) is 3.05. The molecule has 1 aromatic carbocycles. The fourth-order valence-electron chi connectivity index (χ4n) is 2.04. The normalized spacial score (nSPS) is 12.9. The summed E-state index contributed by atoms with van der Waals surface area (Å²) in [5.41, 5.74) is 5.52. The van der Waals surface area contributed by atoms with E-state index in [0.717, 1.165) is 17.7 Å². The van der Waals surface area contributed by atoms with E-state index in [1.807, 2.05) is 20.8 Å². The molecule has 2 N–H and O–H groups in total. The van der Waals surface area contributed by atoms with Crippen LogP contribution in [0.3, 0.4) is 0 Å². The van der Waals surface area contributed by atoms with Crippen LogP contribution in [-0.4, -0.2) is 4.98 Å². The first-order chi connectivity index (χ1) is 8.60. The van der Waals surface area contributed by atoms with Crippen molar-refractivity contribution >= 4 is 16.6 Å². The molecule has 102 valence electrons. The van der Waals surface area contributed by atoms with Crippen molar-refractivity contribution in [3.05, 3.63) is 35.5 Å². The van der Waals surface area contributed by atoms with Crippen LogP contribution < -0.4 is 5.73 Å². The van der Waals surface area contributed by atoms with Gasteiger partial charge in [-0.25, -0.2) is 4.98 Å². The van der Waals surface area contributed by atoms with Crippen LogP contribution in [0.25, 0.3) is 10.8 Å². The molecule has 0 fully saturated rings. The summed E-state index contributed by atoms with van der Waals surface area (Å²) >= 11 is 0. The average molecular weight is 268 g/mol. The molecule has 1 aromatic heterocycles. The minimum atomic E-state index is -4.36. The van der Waals surface area contributed by atoms with E-state index in [2.05, 4.69) is 4.98 Å². The Hall–Kier alpha value is -1.78. The van der Waals surface area contributed by atoms with Gasteiger partial charge in [0.15, 0.2) is 0 Å². The van der Waals surface area contributed by atoms with Crippen LogP contribution in [0, 0.1) is 0 Å². The van der Waals surface area contributed by atoms with Crippen molar-refractivity contribution in [1.29, 1.82) is 0 Å². The maximum atomic E-state index is 12.8. The quantitative estimate of drug-likeness (QED) is 0.780. The summed E-state index contributed by atoms with van der Waals surface area (Å²) < 4.78 is 38.4. The summed E-state index contributed by atoms with van der Waals surface area (Å²) in [7, 11) is 0. The lowest BCUT2D eigenvalue weighted by atomic mass is 9.84. The van der Waals surface area contributed by atoms with E-state index in [1.165, 1.54) is 6.07 Å². The maximum absolute atomic E-state index is 12.8. The lowest BCUT2D eigenvalue weighted by Gasteiger charge is -2.22. The topological polar surface area (TPSA) is 38.9 Å². The zero-order valence-electron chi connectivity index (χ0n) is 11.0. The number of halogens is 3. The summed E-state index contributed by atoms with van der Waals surface area (Å²) in [6.45, 7) is 5.79. The van der Waals surface area contributed by atoms with Gasteiger partial charge in [-0.1, -0.05) is 26.8 Å². The van der Waals surface area contributed by atoms with Crippen LogP contribution >= 0.6 is 0 Å². The lowest BCUT2D eigenvalue weighted by Crippen LogP contribution is -2.14. The van der Waals surface area contributed by atoms with E-state index in [-0.39, 0.29) is 11.2 Å². The van der Waals surface area contributed by atoms with Crippen molar-refractivity contribution in [2.24, 2.45) is 0 Å². The third kappa shape index (κ3) is 2.50. The number of nitrogens with zero attached hydrogens (tertiary/aromatic N) is 1. The number of pyridine rings is 1. The molecule has 0 aliphatic rings. The maximum Gasteiger partial charge on any atom is 0.416 e. The third-order valence-electron chi connectivity index (χ3n) is 3.05. The molecule has 2 aromatic rings. The number of alkyl halides is 3. The molecule has 1 heterocycles. The van der Waals surface area contributed by atoms with Gasteiger partial charge < -0.3 is 5.73 Å². The summed E-state index contributed by atoms with van der Waals surface area (Å²) in [4.78, 5) is 4.06. The lowest BCUT2D eigenvalue weighted by molar-refractivity contribution is -0.137. The first kappa shape index (κ1) is 13.6. The monoisotopic (exact) mass is 268 g/mol. The van der Waals surface area contributed by atoms with E-state index in [4.69, 9.17) is 5.73 Å². The second kappa shape index (κ2) is 4.11. The van der Waals surface area contributed by atoms with Crippen LogP contribution in [0.4, 0.5) is 19.0 Å². The van der Waals surface area contributed by atoms with Crippen LogP contribution in [0.15, 0.2) is 24.4 Å². The molecular formula is C14H15F3N2. The molecular weight excluding hydrogens is 253 g/mol. The molecule has 0 unspecified atom stereocenters. The Morgan fingerprint density at radius 3 is 2.21 bits per heavy atom. The highest BCUT2D eigenvalue weighted by molar-refractivity contribution is 5.94. The van der Waals surface area contributed by atoms with Crippen LogP contribution in [-0.2, 0) is 11.6 Å². The number of rotatable bonds is 0. The Kier molecular flexibility index (Phi) is 2.96. The van der Waals surface area contributed by atoms with Crippen LogP contribution in [0.5, 0.6) is 0 Å². The number of nitrogens with two attached hydrogens (primary N) is 1. The zero-order chi connectivity index (χ0) is 14.4. The van der Waals surface area contributed by atoms with Gasteiger partial charge in [0.05, 0.1) is 5.56 Å². The highest BCUT2D eigenvalue weighted by Gasteiger charge is 2.31. The molecule has 0 bridgehead atoms. The van der Waals surface area contributed by atoms with E-state index in [1.54, 1.807) is 6.20 Å². The largest absolute Gasteiger partial charge is 0.416 e. The van der Waals surface area contributed by atoms with Crippen molar-refractivity contribution in [2.75, 3.05) is 5.73 Å². The van der Waals surface area contributed by atoms with Gasteiger partial charge in [-0.2, -0.15) is 13.2 Å². The Balaban J connectivity index is 2.82. The first-order valence-electron chi connectivity index (χ1n) is 5.86. The predicted octanol–water partition coefficient (Wildman–Crippen LogP) is 4.13. The minimum absolute atomic E-state index is 0.247. The standard InChI is InChI=1S/C14H15F3N2/c1-13(2,3)11-7-19-12(18)9-5-4-8(6-10(9)11)14(15,16)17/h4-7H,1-3H3,(H2,18,19). The Bertz CT molecular complexity index is 625. The summed E-state index contributed by atoms with van der Waals surface area (Å²) in [6.07, 6.45) is -2.81. The molecule has 19 heavy (non-hydrogen) atoms. The fraction of sp³-hybridized carbons (Fsp3) is 0.357. The second-order valence-electron chi connectivity index (χ2n) is 5.57. The van der Waals surface area contributed by atoms with Gasteiger partial charge in [-0.15, -0.1) is 0 Å². The molecule has 5 heteroatoms. The summed E-state index contributed by atoms with van der Waals surface area (Å²) in [5.74, 6) is 0.247. The molecule has 2 nitrogen and oxygen atoms in total. The van der Waals surface area contributed by atoms with Crippen molar-refractivity contribution in [2.45, 2.75) is 32.4 Å². The Morgan fingerprint density at radius 2 is 1.68 bits per heavy atom. The summed E-state index contributed by atoms with van der Waals surface area (Å²) in [6, 6.07) is 3.57. The van der Waals surface area contributed by atoms with Gasteiger partial charge in [0.1, 0.15) is 5.82 Å². The van der Waals surface area contributed by atoms with Crippen molar-refractivity contribution in [1.82, 2.24) is 4.98 Å². The van der Waals surface area contributed by atoms with Gasteiger partial charge in [0.25, 0.3) is 0 Å². The van der Waals surface area contributed by atoms with Gasteiger partial charge in [0.2, 0.25) is 0 Å². The van der Waals surface area contributed by atoms with E-state index < -0.39 is 11.7 Å². The number of aromatic nitrogens is 1. The van der Waals surface area contributed by atoms with E-state index >= 15 is 0 Å². The smallest absolute Gasteiger partial charge is 0.383 e. The van der Waals surface area contributed by atoms with E-state index in [9.17, 15) is 13.2 Å². The minimum Gasteiger partial charge on any atom is -0.383 e. The number of nitrogen functional groups attached to an aromatic ring is 1. The van der Waals surface area contributed by atoms with E-state index in [0.29, 0.717) is 10.8 Å². The van der Waals surface area contributed by atoms with Crippen molar-refractivity contribution in [3.8, 4) is 0 Å². The van der Waals surface area contributed by atoms with Gasteiger partial charge in [0, 0.05) is 11.6 Å². The average Bonchev–Trinajstić information content (AvgIpc) is 2.26. The Morgan fingerprint density at radius 1 is 1.05 bits per heavy atom. The van der Waals surface area contributed by atoms with Crippen molar-refractivity contribution < 1.29 is 13.2 Å².